The molecule has 7 heteroatoms. The third-order valence-electron chi connectivity index (χ3n) is 3.97. The van der Waals surface area contributed by atoms with Gasteiger partial charge in [-0.3, -0.25) is 5.84 Å². The second kappa shape index (κ2) is 6.07. The standard InChI is InChI=1S/C13H22N4O2S/c1-10-5-3-6-11(9-10)17(2)20(18,19)13-12(16-14)7-4-8-15-13/h4,7-8,10-11,16H,3,5-6,9,14H2,1-2H3. The molecule has 1 aromatic heterocycles. The molecular weight excluding hydrogens is 276 g/mol. The molecule has 0 aromatic carbocycles. The van der Waals surface area contributed by atoms with Crippen LogP contribution in [0, 0.1) is 5.92 Å². The molecule has 1 saturated carbocycles. The lowest BCUT2D eigenvalue weighted by atomic mass is 9.87. The van der Waals surface area contributed by atoms with E-state index in [4.69, 9.17) is 5.84 Å². The highest BCUT2D eigenvalue weighted by atomic mass is 32.2. The highest BCUT2D eigenvalue weighted by Crippen LogP contribution is 2.30. The molecule has 0 bridgehead atoms. The van der Waals surface area contributed by atoms with Crippen molar-refractivity contribution in [2.45, 2.75) is 43.7 Å². The number of aromatic nitrogens is 1. The highest BCUT2D eigenvalue weighted by Gasteiger charge is 2.33. The van der Waals surface area contributed by atoms with Crippen molar-refractivity contribution >= 4 is 15.7 Å². The van der Waals surface area contributed by atoms with E-state index in [2.05, 4.69) is 17.3 Å². The number of nitrogens with one attached hydrogen (secondary N) is 1. The van der Waals surface area contributed by atoms with Gasteiger partial charge < -0.3 is 5.43 Å². The molecule has 0 saturated heterocycles. The molecule has 1 fully saturated rings. The van der Waals surface area contributed by atoms with Gasteiger partial charge in [0.05, 0.1) is 5.69 Å². The Balaban J connectivity index is 2.29. The van der Waals surface area contributed by atoms with Crippen LogP contribution in [0.4, 0.5) is 5.69 Å². The van der Waals surface area contributed by atoms with Crippen molar-refractivity contribution in [3.8, 4) is 0 Å². The number of pyridine rings is 1. The minimum atomic E-state index is -3.63. The van der Waals surface area contributed by atoms with E-state index in [1.807, 2.05) is 0 Å². The molecule has 112 valence electrons. The largest absolute Gasteiger partial charge is 0.321 e. The summed E-state index contributed by atoms with van der Waals surface area (Å²) in [5.74, 6) is 5.93. The molecule has 2 unspecified atom stereocenters. The Morgan fingerprint density at radius 3 is 2.85 bits per heavy atom. The van der Waals surface area contributed by atoms with Gasteiger partial charge in [0.25, 0.3) is 10.0 Å². The fourth-order valence-electron chi connectivity index (χ4n) is 2.77. The zero-order chi connectivity index (χ0) is 14.8. The zero-order valence-electron chi connectivity index (χ0n) is 11.9. The van der Waals surface area contributed by atoms with Gasteiger partial charge in [0.1, 0.15) is 0 Å². The number of hydrogen-bond acceptors (Lipinski definition) is 5. The van der Waals surface area contributed by atoms with Crippen LogP contribution in [0.1, 0.15) is 32.6 Å². The summed E-state index contributed by atoms with van der Waals surface area (Å²) in [6, 6.07) is 3.30. The van der Waals surface area contributed by atoms with Crippen LogP contribution in [0.25, 0.3) is 0 Å². The number of anilines is 1. The first-order valence-electron chi connectivity index (χ1n) is 6.86. The van der Waals surface area contributed by atoms with E-state index in [9.17, 15) is 8.42 Å². The molecule has 2 rings (SSSR count). The van der Waals surface area contributed by atoms with E-state index in [1.54, 1.807) is 19.2 Å². The SMILES string of the molecule is CC1CCCC(N(C)S(=O)(=O)c2ncccc2NN)C1. The van der Waals surface area contributed by atoms with Gasteiger partial charge in [0.2, 0.25) is 0 Å². The second-order valence-electron chi connectivity index (χ2n) is 5.45. The summed E-state index contributed by atoms with van der Waals surface area (Å²) in [6.07, 6.45) is 5.50. The quantitative estimate of drug-likeness (QED) is 0.650. The monoisotopic (exact) mass is 298 g/mol. The molecule has 20 heavy (non-hydrogen) atoms. The average Bonchev–Trinajstić information content (AvgIpc) is 2.46. The number of nitrogen functional groups attached to an aromatic ring is 1. The number of nitrogens with zero attached hydrogens (tertiary/aromatic N) is 2. The molecule has 1 aliphatic rings. The first-order valence-corrected chi connectivity index (χ1v) is 8.30. The maximum Gasteiger partial charge on any atom is 0.262 e. The average molecular weight is 298 g/mol. The van der Waals surface area contributed by atoms with Crippen molar-refractivity contribution in [2.24, 2.45) is 11.8 Å². The predicted molar refractivity (Wildman–Crippen MR) is 78.4 cm³/mol. The lowest BCUT2D eigenvalue weighted by Gasteiger charge is -2.33. The van der Waals surface area contributed by atoms with Crippen LogP contribution in [0.15, 0.2) is 23.4 Å². The van der Waals surface area contributed by atoms with Crippen molar-refractivity contribution in [1.82, 2.24) is 9.29 Å². The Labute approximate surface area is 120 Å². The third-order valence-corrected chi connectivity index (χ3v) is 5.84. The summed E-state index contributed by atoms with van der Waals surface area (Å²) in [4.78, 5) is 3.98. The molecule has 0 spiro atoms. The van der Waals surface area contributed by atoms with Crippen molar-refractivity contribution in [3.63, 3.8) is 0 Å². The van der Waals surface area contributed by atoms with Crippen molar-refractivity contribution in [3.05, 3.63) is 18.3 Å². The number of hydrazine groups is 1. The minimum absolute atomic E-state index is 0.0109. The van der Waals surface area contributed by atoms with Crippen LogP contribution in [0.3, 0.4) is 0 Å². The highest BCUT2D eigenvalue weighted by molar-refractivity contribution is 7.89. The fraction of sp³-hybridized carbons (Fsp3) is 0.615. The molecule has 0 radical (unpaired) electrons. The van der Waals surface area contributed by atoms with Gasteiger partial charge in [-0.1, -0.05) is 19.8 Å². The Hall–Kier alpha value is -1.18. The Morgan fingerprint density at radius 1 is 1.45 bits per heavy atom. The lowest BCUT2D eigenvalue weighted by Crippen LogP contribution is -2.40. The van der Waals surface area contributed by atoms with E-state index in [-0.39, 0.29) is 11.1 Å². The lowest BCUT2D eigenvalue weighted by molar-refractivity contribution is 0.239. The Kier molecular flexibility index (Phi) is 4.62. The van der Waals surface area contributed by atoms with Crippen molar-refractivity contribution < 1.29 is 8.42 Å². The van der Waals surface area contributed by atoms with E-state index < -0.39 is 10.0 Å². The van der Waals surface area contributed by atoms with Crippen LogP contribution in [0.5, 0.6) is 0 Å². The number of rotatable bonds is 4. The first-order chi connectivity index (χ1) is 9.46. The Morgan fingerprint density at radius 2 is 2.20 bits per heavy atom. The third kappa shape index (κ3) is 2.94. The maximum absolute atomic E-state index is 12.7. The predicted octanol–water partition coefficient (Wildman–Crippen LogP) is 1.57. The normalized spacial score (nSPS) is 23.8. The molecule has 6 nitrogen and oxygen atoms in total. The zero-order valence-corrected chi connectivity index (χ0v) is 12.7. The molecule has 1 aromatic rings. The molecule has 0 amide bonds. The number of nitrogens with two attached hydrogens (primary N) is 1. The first kappa shape index (κ1) is 15.2. The molecule has 3 N–H and O–H groups in total. The molecule has 1 heterocycles. The molecule has 0 aliphatic heterocycles. The smallest absolute Gasteiger partial charge is 0.262 e. The number of sulfonamides is 1. The topological polar surface area (TPSA) is 88.3 Å². The summed E-state index contributed by atoms with van der Waals surface area (Å²) in [5, 5.41) is -0.0109. The van der Waals surface area contributed by atoms with Gasteiger partial charge in [-0.2, -0.15) is 4.31 Å². The van der Waals surface area contributed by atoms with Crippen LogP contribution >= 0.6 is 0 Å². The summed E-state index contributed by atoms with van der Waals surface area (Å²) < 4.78 is 26.8. The van der Waals surface area contributed by atoms with Gasteiger partial charge in [0, 0.05) is 19.3 Å². The molecule has 2 atom stereocenters. The molecular formula is C13H22N4O2S. The van der Waals surface area contributed by atoms with Crippen molar-refractivity contribution in [1.29, 1.82) is 0 Å². The summed E-state index contributed by atoms with van der Waals surface area (Å²) in [5.41, 5.74) is 2.72. The maximum atomic E-state index is 12.7. The number of hydrogen-bond donors (Lipinski definition) is 2. The second-order valence-corrected chi connectivity index (χ2v) is 7.36. The van der Waals surface area contributed by atoms with Gasteiger partial charge in [-0.25, -0.2) is 13.4 Å². The van der Waals surface area contributed by atoms with Gasteiger partial charge in [0.15, 0.2) is 5.03 Å². The van der Waals surface area contributed by atoms with E-state index >= 15 is 0 Å². The van der Waals surface area contributed by atoms with Gasteiger partial charge in [-0.15, -0.1) is 0 Å². The van der Waals surface area contributed by atoms with Gasteiger partial charge >= 0.3 is 0 Å². The van der Waals surface area contributed by atoms with Crippen LogP contribution in [0.2, 0.25) is 0 Å². The van der Waals surface area contributed by atoms with E-state index in [0.29, 0.717) is 11.6 Å². The van der Waals surface area contributed by atoms with Crippen LogP contribution in [-0.2, 0) is 10.0 Å². The van der Waals surface area contributed by atoms with Crippen LogP contribution < -0.4 is 11.3 Å². The summed E-state index contributed by atoms with van der Waals surface area (Å²) in [6.45, 7) is 2.17. The van der Waals surface area contributed by atoms with Gasteiger partial charge in [-0.05, 0) is 30.9 Å². The minimum Gasteiger partial charge on any atom is -0.321 e. The summed E-state index contributed by atoms with van der Waals surface area (Å²) in [7, 11) is -1.99. The van der Waals surface area contributed by atoms with Crippen molar-refractivity contribution in [2.75, 3.05) is 12.5 Å². The van der Waals surface area contributed by atoms with E-state index in [1.165, 1.54) is 16.9 Å². The van der Waals surface area contributed by atoms with E-state index in [0.717, 1.165) is 19.3 Å². The fourth-order valence-corrected chi connectivity index (χ4v) is 4.23. The van der Waals surface area contributed by atoms with Crippen LogP contribution in [-0.4, -0.2) is 30.8 Å². The summed E-state index contributed by atoms with van der Waals surface area (Å²) >= 11 is 0. The Bertz CT molecular complexity index is 561. The molecule has 1 aliphatic carbocycles.